The summed E-state index contributed by atoms with van der Waals surface area (Å²) in [6, 6.07) is 6.36. The standard InChI is InChI=1S/C14H21Cl2NO/c1-4-11(2)17(8-9-18-3)14-7-5-6-13(16)12(14)10-15/h5-7,11H,4,8-10H2,1-3H3. The number of ether oxygens (including phenoxy) is 1. The highest BCUT2D eigenvalue weighted by molar-refractivity contribution is 6.32. The zero-order valence-electron chi connectivity index (χ0n) is 11.2. The van der Waals surface area contributed by atoms with E-state index >= 15 is 0 Å². The van der Waals surface area contributed by atoms with Crippen molar-refractivity contribution in [3.05, 3.63) is 28.8 Å². The smallest absolute Gasteiger partial charge is 0.0637 e. The first kappa shape index (κ1) is 15.6. The highest BCUT2D eigenvalue weighted by Crippen LogP contribution is 2.30. The summed E-state index contributed by atoms with van der Waals surface area (Å²) in [4.78, 5) is 2.31. The predicted molar refractivity (Wildman–Crippen MR) is 80.0 cm³/mol. The molecule has 2 nitrogen and oxygen atoms in total. The summed E-state index contributed by atoms with van der Waals surface area (Å²) in [6.45, 7) is 5.91. The van der Waals surface area contributed by atoms with Crippen molar-refractivity contribution in [1.29, 1.82) is 0 Å². The molecule has 1 unspecified atom stereocenters. The Morgan fingerprint density at radius 3 is 2.67 bits per heavy atom. The van der Waals surface area contributed by atoms with Crippen molar-refractivity contribution in [3.8, 4) is 0 Å². The number of hydrogen-bond donors (Lipinski definition) is 0. The fourth-order valence-electron chi connectivity index (χ4n) is 1.94. The monoisotopic (exact) mass is 289 g/mol. The molecule has 0 amide bonds. The van der Waals surface area contributed by atoms with E-state index in [0.717, 1.165) is 29.2 Å². The first-order valence-corrected chi connectivity index (χ1v) is 7.15. The lowest BCUT2D eigenvalue weighted by Crippen LogP contribution is -2.36. The maximum absolute atomic E-state index is 6.21. The van der Waals surface area contributed by atoms with Gasteiger partial charge in [-0.05, 0) is 25.5 Å². The lowest BCUT2D eigenvalue weighted by molar-refractivity contribution is 0.203. The second-order valence-electron chi connectivity index (χ2n) is 4.31. The molecule has 1 atom stereocenters. The van der Waals surface area contributed by atoms with Gasteiger partial charge in [0.1, 0.15) is 0 Å². The third kappa shape index (κ3) is 3.78. The van der Waals surface area contributed by atoms with E-state index in [-0.39, 0.29) is 0 Å². The van der Waals surface area contributed by atoms with Crippen LogP contribution >= 0.6 is 23.2 Å². The van der Waals surface area contributed by atoms with E-state index in [4.69, 9.17) is 27.9 Å². The Balaban J connectivity index is 3.07. The van der Waals surface area contributed by atoms with Crippen molar-refractivity contribution in [2.24, 2.45) is 0 Å². The first-order valence-electron chi connectivity index (χ1n) is 6.24. The second kappa shape index (κ2) is 7.88. The average molecular weight is 290 g/mol. The number of methoxy groups -OCH3 is 1. The van der Waals surface area contributed by atoms with Crippen molar-refractivity contribution in [2.75, 3.05) is 25.2 Å². The van der Waals surface area contributed by atoms with Crippen LogP contribution in [-0.2, 0) is 10.6 Å². The molecule has 102 valence electrons. The molecular weight excluding hydrogens is 269 g/mol. The lowest BCUT2D eigenvalue weighted by Gasteiger charge is -2.32. The lowest BCUT2D eigenvalue weighted by atomic mass is 10.1. The van der Waals surface area contributed by atoms with Gasteiger partial charge in [0.25, 0.3) is 0 Å². The minimum absolute atomic E-state index is 0.426. The fraction of sp³-hybridized carbons (Fsp3) is 0.571. The molecule has 0 heterocycles. The number of benzene rings is 1. The molecule has 1 aromatic carbocycles. The number of halogens is 2. The van der Waals surface area contributed by atoms with Gasteiger partial charge >= 0.3 is 0 Å². The van der Waals surface area contributed by atoms with Crippen molar-refractivity contribution in [1.82, 2.24) is 0 Å². The molecule has 1 aromatic rings. The van der Waals surface area contributed by atoms with Gasteiger partial charge in [-0.1, -0.05) is 24.6 Å². The molecule has 0 fully saturated rings. The third-order valence-corrected chi connectivity index (χ3v) is 3.82. The van der Waals surface area contributed by atoms with Crippen LogP contribution in [0.1, 0.15) is 25.8 Å². The summed E-state index contributed by atoms with van der Waals surface area (Å²) in [5.41, 5.74) is 2.11. The Morgan fingerprint density at radius 2 is 2.11 bits per heavy atom. The van der Waals surface area contributed by atoms with Gasteiger partial charge in [-0.15, -0.1) is 11.6 Å². The predicted octanol–water partition coefficient (Wildman–Crippen LogP) is 4.33. The van der Waals surface area contributed by atoms with Crippen molar-refractivity contribution < 1.29 is 4.74 Å². The van der Waals surface area contributed by atoms with Crippen LogP contribution < -0.4 is 4.90 Å². The van der Waals surface area contributed by atoms with E-state index in [9.17, 15) is 0 Å². The summed E-state index contributed by atoms with van der Waals surface area (Å²) >= 11 is 12.2. The number of rotatable bonds is 7. The van der Waals surface area contributed by atoms with Gasteiger partial charge in [-0.2, -0.15) is 0 Å². The van der Waals surface area contributed by atoms with Crippen LogP contribution in [0.15, 0.2) is 18.2 Å². The van der Waals surface area contributed by atoms with Crippen LogP contribution in [0.5, 0.6) is 0 Å². The minimum atomic E-state index is 0.426. The molecule has 0 N–H and O–H groups in total. The summed E-state index contributed by atoms with van der Waals surface area (Å²) in [5.74, 6) is 0.426. The van der Waals surface area contributed by atoms with Crippen LogP contribution in [0.3, 0.4) is 0 Å². The summed E-state index contributed by atoms with van der Waals surface area (Å²) in [7, 11) is 1.72. The third-order valence-electron chi connectivity index (χ3n) is 3.20. The Morgan fingerprint density at radius 1 is 1.39 bits per heavy atom. The Kier molecular flexibility index (Phi) is 6.83. The number of anilines is 1. The van der Waals surface area contributed by atoms with Crippen LogP contribution in [0.4, 0.5) is 5.69 Å². The molecule has 0 saturated carbocycles. The summed E-state index contributed by atoms with van der Waals surface area (Å²) in [6.07, 6.45) is 1.07. The first-order chi connectivity index (χ1) is 8.65. The van der Waals surface area contributed by atoms with Crippen molar-refractivity contribution in [3.63, 3.8) is 0 Å². The van der Waals surface area contributed by atoms with Crippen LogP contribution in [-0.4, -0.2) is 26.3 Å². The largest absolute Gasteiger partial charge is 0.383 e. The Bertz CT molecular complexity index is 371. The molecule has 18 heavy (non-hydrogen) atoms. The van der Waals surface area contributed by atoms with Gasteiger partial charge in [0.2, 0.25) is 0 Å². The van der Waals surface area contributed by atoms with E-state index in [1.807, 2.05) is 12.1 Å². The minimum Gasteiger partial charge on any atom is -0.383 e. The molecule has 0 aliphatic carbocycles. The Labute approximate surface area is 120 Å². The van der Waals surface area contributed by atoms with Gasteiger partial charge in [-0.3, -0.25) is 0 Å². The maximum Gasteiger partial charge on any atom is 0.0637 e. The maximum atomic E-state index is 6.21. The van der Waals surface area contributed by atoms with Gasteiger partial charge in [0.15, 0.2) is 0 Å². The second-order valence-corrected chi connectivity index (χ2v) is 4.99. The number of hydrogen-bond acceptors (Lipinski definition) is 2. The average Bonchev–Trinajstić information content (AvgIpc) is 2.39. The normalized spacial score (nSPS) is 12.5. The van der Waals surface area contributed by atoms with Crippen LogP contribution in [0, 0.1) is 0 Å². The molecule has 0 aromatic heterocycles. The molecule has 0 radical (unpaired) electrons. The molecule has 0 spiro atoms. The summed E-state index contributed by atoms with van der Waals surface area (Å²) in [5, 5.41) is 0.730. The quantitative estimate of drug-likeness (QED) is 0.693. The molecule has 4 heteroatoms. The summed E-state index contributed by atoms with van der Waals surface area (Å²) < 4.78 is 5.18. The van der Waals surface area contributed by atoms with E-state index in [2.05, 4.69) is 24.8 Å². The van der Waals surface area contributed by atoms with E-state index in [1.54, 1.807) is 7.11 Å². The van der Waals surface area contributed by atoms with E-state index in [0.29, 0.717) is 18.5 Å². The van der Waals surface area contributed by atoms with Gasteiger partial charge < -0.3 is 9.64 Å². The van der Waals surface area contributed by atoms with E-state index in [1.165, 1.54) is 0 Å². The molecule has 0 saturated heterocycles. The van der Waals surface area contributed by atoms with Gasteiger partial charge in [-0.25, -0.2) is 0 Å². The molecule has 0 aliphatic rings. The molecular formula is C14H21Cl2NO. The SMILES string of the molecule is CCC(C)N(CCOC)c1cccc(Cl)c1CCl. The Hall–Kier alpha value is -0.440. The topological polar surface area (TPSA) is 12.5 Å². The van der Waals surface area contributed by atoms with Crippen molar-refractivity contribution in [2.45, 2.75) is 32.2 Å². The van der Waals surface area contributed by atoms with Gasteiger partial charge in [0.05, 0.1) is 12.5 Å². The van der Waals surface area contributed by atoms with Crippen LogP contribution in [0.25, 0.3) is 0 Å². The highest BCUT2D eigenvalue weighted by Gasteiger charge is 2.17. The van der Waals surface area contributed by atoms with E-state index < -0.39 is 0 Å². The zero-order valence-corrected chi connectivity index (χ0v) is 12.8. The van der Waals surface area contributed by atoms with Crippen molar-refractivity contribution >= 4 is 28.9 Å². The molecule has 1 rings (SSSR count). The number of nitrogens with zero attached hydrogens (tertiary/aromatic N) is 1. The molecule has 0 aliphatic heterocycles. The fourth-order valence-corrected chi connectivity index (χ4v) is 2.52. The highest BCUT2D eigenvalue weighted by atomic mass is 35.5. The van der Waals surface area contributed by atoms with Gasteiger partial charge in [0, 0.05) is 36.0 Å². The van der Waals surface area contributed by atoms with Crippen LogP contribution in [0.2, 0.25) is 5.02 Å². The molecule has 0 bridgehead atoms. The zero-order chi connectivity index (χ0) is 13.5. The number of alkyl halides is 1.